The van der Waals surface area contributed by atoms with Crippen molar-refractivity contribution >= 4 is 23.2 Å². The minimum absolute atomic E-state index is 0.0141. The third kappa shape index (κ3) is 4.15. The van der Waals surface area contributed by atoms with E-state index in [1.54, 1.807) is 19.2 Å². The standard InChI is InChI=1S/C25H25FN6O4/c1-30-21-9-17(32-11-19-8-18(32)12-35-19)6-7-22(21)36-13-20(25(30)34)28-24(33)23-27-14-31(29-23)10-15-2-4-16(26)5-3-15/h2-7,9,14,18-20H,8,10-13H2,1H3,(H,28,33)/t18-,19-,20?/m0/s1. The molecule has 186 valence electrons. The van der Waals surface area contributed by atoms with Crippen molar-refractivity contribution in [3.05, 3.63) is 66.0 Å². The first-order valence-corrected chi connectivity index (χ1v) is 11.8. The Hall–Kier alpha value is -3.99. The number of amides is 2. The highest BCUT2D eigenvalue weighted by atomic mass is 19.1. The number of rotatable bonds is 5. The molecule has 10 nitrogen and oxygen atoms in total. The molecule has 2 bridgehead atoms. The molecule has 1 unspecified atom stereocenters. The maximum Gasteiger partial charge on any atom is 0.291 e. The molecule has 2 fully saturated rings. The first kappa shape index (κ1) is 22.5. The Morgan fingerprint density at radius 1 is 1.19 bits per heavy atom. The SMILES string of the molecule is CN1C(=O)C(NC(=O)c2ncn(Cc3ccc(F)cc3)n2)COc2ccc(N3C[C@@H]4C[C@H]3CO4)cc21. The Bertz CT molecular complexity index is 1310. The van der Waals surface area contributed by atoms with Gasteiger partial charge in [-0.2, -0.15) is 0 Å². The van der Waals surface area contributed by atoms with Gasteiger partial charge >= 0.3 is 0 Å². The minimum Gasteiger partial charge on any atom is -0.489 e. The second-order valence-corrected chi connectivity index (χ2v) is 9.28. The molecule has 2 saturated heterocycles. The van der Waals surface area contributed by atoms with Gasteiger partial charge in [0.1, 0.15) is 30.5 Å². The molecule has 3 atom stereocenters. The first-order valence-electron chi connectivity index (χ1n) is 11.8. The van der Waals surface area contributed by atoms with E-state index < -0.39 is 11.9 Å². The van der Waals surface area contributed by atoms with Gasteiger partial charge in [-0.1, -0.05) is 12.1 Å². The van der Waals surface area contributed by atoms with Crippen LogP contribution in [0, 0.1) is 5.82 Å². The van der Waals surface area contributed by atoms with Gasteiger partial charge in [-0.3, -0.25) is 9.59 Å². The van der Waals surface area contributed by atoms with E-state index in [9.17, 15) is 14.0 Å². The molecule has 3 aliphatic rings. The number of hydrogen-bond donors (Lipinski definition) is 1. The predicted molar refractivity (Wildman–Crippen MR) is 128 cm³/mol. The number of benzene rings is 2. The van der Waals surface area contributed by atoms with Crippen LogP contribution in [0.25, 0.3) is 0 Å². The van der Waals surface area contributed by atoms with Gasteiger partial charge < -0.3 is 24.6 Å². The lowest BCUT2D eigenvalue weighted by atomic mass is 10.2. The van der Waals surface area contributed by atoms with Crippen LogP contribution in [0.1, 0.15) is 22.6 Å². The normalized spacial score (nSPS) is 22.8. The molecule has 1 N–H and O–H groups in total. The Labute approximate surface area is 206 Å². The number of likely N-dealkylation sites (N-methyl/N-ethyl adjacent to an activating group) is 1. The van der Waals surface area contributed by atoms with Crippen molar-refractivity contribution in [2.24, 2.45) is 0 Å². The third-order valence-corrected chi connectivity index (χ3v) is 6.87. The second-order valence-electron chi connectivity index (χ2n) is 9.28. The van der Waals surface area contributed by atoms with Gasteiger partial charge in [0.2, 0.25) is 5.82 Å². The van der Waals surface area contributed by atoms with Crippen molar-refractivity contribution in [1.29, 1.82) is 0 Å². The molecule has 6 rings (SSSR count). The number of carbonyl (C=O) groups is 2. The van der Waals surface area contributed by atoms with Gasteiger partial charge in [0, 0.05) is 19.3 Å². The minimum atomic E-state index is -0.904. The van der Waals surface area contributed by atoms with E-state index in [0.717, 1.165) is 30.8 Å². The summed E-state index contributed by atoms with van der Waals surface area (Å²) in [7, 11) is 1.67. The molecule has 0 radical (unpaired) electrons. The molecule has 4 heterocycles. The number of halogens is 1. The first-order chi connectivity index (χ1) is 17.4. The molecule has 2 aromatic carbocycles. The molecule has 0 aliphatic carbocycles. The van der Waals surface area contributed by atoms with E-state index >= 15 is 0 Å². The molecule has 3 aromatic rings. The number of morpholine rings is 1. The number of nitrogens with zero attached hydrogens (tertiary/aromatic N) is 5. The van der Waals surface area contributed by atoms with E-state index in [-0.39, 0.29) is 30.3 Å². The summed E-state index contributed by atoms with van der Waals surface area (Å²) in [4.78, 5) is 33.9. The van der Waals surface area contributed by atoms with Crippen LogP contribution in [0.5, 0.6) is 5.75 Å². The van der Waals surface area contributed by atoms with Crippen LogP contribution in [-0.2, 0) is 16.1 Å². The fourth-order valence-corrected chi connectivity index (χ4v) is 4.96. The predicted octanol–water partition coefficient (Wildman–Crippen LogP) is 1.60. The smallest absolute Gasteiger partial charge is 0.291 e. The topological polar surface area (TPSA) is 102 Å². The van der Waals surface area contributed by atoms with Gasteiger partial charge in [0.15, 0.2) is 0 Å². The lowest BCUT2D eigenvalue weighted by molar-refractivity contribution is -0.120. The number of fused-ring (bicyclic) bond motifs is 3. The highest BCUT2D eigenvalue weighted by Crippen LogP contribution is 2.38. The van der Waals surface area contributed by atoms with Crippen molar-refractivity contribution in [3.8, 4) is 5.75 Å². The Morgan fingerprint density at radius 3 is 2.78 bits per heavy atom. The number of carbonyl (C=O) groups excluding carboxylic acids is 2. The van der Waals surface area contributed by atoms with Crippen LogP contribution in [0.2, 0.25) is 0 Å². The zero-order chi connectivity index (χ0) is 24.8. The van der Waals surface area contributed by atoms with E-state index in [1.165, 1.54) is 28.0 Å². The average molecular weight is 493 g/mol. The van der Waals surface area contributed by atoms with Gasteiger partial charge in [-0.05, 0) is 42.3 Å². The number of nitrogens with one attached hydrogen (secondary N) is 1. The van der Waals surface area contributed by atoms with Crippen LogP contribution < -0.4 is 19.9 Å². The van der Waals surface area contributed by atoms with Crippen molar-refractivity contribution in [2.75, 3.05) is 36.6 Å². The molecule has 36 heavy (non-hydrogen) atoms. The Balaban J connectivity index is 1.14. The molecule has 11 heteroatoms. The molecular formula is C25H25FN6O4. The quantitative estimate of drug-likeness (QED) is 0.577. The molecule has 0 saturated carbocycles. The van der Waals surface area contributed by atoms with Crippen molar-refractivity contribution in [1.82, 2.24) is 20.1 Å². The van der Waals surface area contributed by atoms with Gasteiger partial charge in [0.05, 0.1) is 31.0 Å². The zero-order valence-corrected chi connectivity index (χ0v) is 19.6. The van der Waals surface area contributed by atoms with E-state index in [2.05, 4.69) is 20.3 Å². The van der Waals surface area contributed by atoms with Crippen LogP contribution in [0.15, 0.2) is 48.8 Å². The van der Waals surface area contributed by atoms with Crippen LogP contribution in [0.3, 0.4) is 0 Å². The van der Waals surface area contributed by atoms with Crippen molar-refractivity contribution < 1.29 is 23.5 Å². The maximum absolute atomic E-state index is 13.2. The van der Waals surface area contributed by atoms with Gasteiger partial charge in [0.25, 0.3) is 11.8 Å². The third-order valence-electron chi connectivity index (χ3n) is 6.87. The largest absolute Gasteiger partial charge is 0.489 e. The zero-order valence-electron chi connectivity index (χ0n) is 19.6. The average Bonchev–Trinajstić information content (AvgIpc) is 3.63. The monoisotopic (exact) mass is 492 g/mol. The molecule has 1 aromatic heterocycles. The summed E-state index contributed by atoms with van der Waals surface area (Å²) in [6.07, 6.45) is 2.70. The Kier molecular flexibility index (Phi) is 5.56. The highest BCUT2D eigenvalue weighted by Gasteiger charge is 2.40. The second kappa shape index (κ2) is 8.90. The molecular weight excluding hydrogens is 467 g/mol. The fraction of sp³-hybridized carbons (Fsp3) is 0.360. The Morgan fingerprint density at radius 2 is 2.03 bits per heavy atom. The summed E-state index contributed by atoms with van der Waals surface area (Å²) in [5.41, 5.74) is 2.49. The van der Waals surface area contributed by atoms with Crippen molar-refractivity contribution in [2.45, 2.75) is 31.2 Å². The van der Waals surface area contributed by atoms with Crippen LogP contribution >= 0.6 is 0 Å². The van der Waals surface area contributed by atoms with Gasteiger partial charge in [-0.15, -0.1) is 5.10 Å². The fourth-order valence-electron chi connectivity index (χ4n) is 4.96. The highest BCUT2D eigenvalue weighted by molar-refractivity contribution is 6.02. The summed E-state index contributed by atoms with van der Waals surface area (Å²) >= 11 is 0. The summed E-state index contributed by atoms with van der Waals surface area (Å²) in [5.74, 6) is -0.690. The number of aromatic nitrogens is 3. The molecule has 0 spiro atoms. The summed E-state index contributed by atoms with van der Waals surface area (Å²) in [5, 5.41) is 6.89. The summed E-state index contributed by atoms with van der Waals surface area (Å²) in [6, 6.07) is 11.3. The molecule has 3 aliphatic heterocycles. The lowest BCUT2D eigenvalue weighted by Gasteiger charge is -2.30. The van der Waals surface area contributed by atoms with E-state index in [1.807, 2.05) is 18.2 Å². The summed E-state index contributed by atoms with van der Waals surface area (Å²) < 4.78 is 26.2. The number of ether oxygens (including phenoxy) is 2. The van der Waals surface area contributed by atoms with Gasteiger partial charge in [-0.25, -0.2) is 14.1 Å². The van der Waals surface area contributed by atoms with Crippen LogP contribution in [0.4, 0.5) is 15.8 Å². The van der Waals surface area contributed by atoms with Crippen LogP contribution in [-0.4, -0.2) is 71.6 Å². The lowest BCUT2D eigenvalue weighted by Crippen LogP contribution is -2.49. The van der Waals surface area contributed by atoms with E-state index in [4.69, 9.17) is 9.47 Å². The summed E-state index contributed by atoms with van der Waals surface area (Å²) in [6.45, 7) is 1.87. The maximum atomic E-state index is 13.2. The number of anilines is 2. The number of hydrogen-bond acceptors (Lipinski definition) is 7. The molecule has 2 amide bonds. The van der Waals surface area contributed by atoms with E-state index in [0.29, 0.717) is 24.0 Å². The van der Waals surface area contributed by atoms with Crippen molar-refractivity contribution in [3.63, 3.8) is 0 Å².